The third-order valence-electron chi connectivity index (χ3n) is 17.0. The van der Waals surface area contributed by atoms with Gasteiger partial charge in [-0.3, -0.25) is 18.6 Å². The quantitative estimate of drug-likeness (QED) is 0.0264. The smallest absolute Gasteiger partial charge is 0.462 e. The number of phosphoric acid groups is 1. The van der Waals surface area contributed by atoms with Gasteiger partial charge in [-0.25, -0.2) is 4.57 Å². The van der Waals surface area contributed by atoms with Crippen molar-refractivity contribution < 1.29 is 37.6 Å². The number of carbonyl (C=O) groups is 2. The van der Waals surface area contributed by atoms with Gasteiger partial charge >= 0.3 is 19.8 Å². The first kappa shape index (κ1) is 91.2. The molecule has 0 fully saturated rings. The van der Waals surface area contributed by atoms with Crippen molar-refractivity contribution >= 4 is 19.8 Å². The molecule has 546 valence electrons. The third-order valence-corrected chi connectivity index (χ3v) is 18.0. The van der Waals surface area contributed by atoms with Crippen LogP contribution in [0.2, 0.25) is 0 Å². The number of carbonyl (C=O) groups excluding carboxylic acids is 2. The fourth-order valence-electron chi connectivity index (χ4n) is 11.3. The molecular formula is C85H148NO8P. The number of hydrogen-bond acceptors (Lipinski definition) is 8. The molecule has 0 heterocycles. The van der Waals surface area contributed by atoms with Gasteiger partial charge in [-0.15, -0.1) is 0 Å². The highest BCUT2D eigenvalue weighted by molar-refractivity contribution is 7.47. The van der Waals surface area contributed by atoms with Crippen LogP contribution in [0.3, 0.4) is 0 Å². The number of esters is 2. The van der Waals surface area contributed by atoms with Crippen molar-refractivity contribution in [2.75, 3.05) is 26.4 Å². The van der Waals surface area contributed by atoms with Crippen LogP contribution in [-0.2, 0) is 32.7 Å². The number of phosphoric ester groups is 1. The molecule has 0 saturated carbocycles. The average Bonchev–Trinajstić information content (AvgIpc) is 3.25. The number of hydrogen-bond donors (Lipinski definition) is 2. The molecule has 0 aromatic carbocycles. The SMILES string of the molecule is CC/C=C\C/C=C\C/C=C\C/C=C\C/C=C\C/C=C\C/C=C\CCCCCCCCCCCCCC(=O)OC(COC(=O)CCCCCCCCCCCCCCCCCCCCCCCCCCCCCC/C=C\C/C=C\C/C=C\C/C=C\CC)COP(=O)(O)OCCN. The second-order valence-electron chi connectivity index (χ2n) is 26.2. The molecule has 0 aromatic rings. The fraction of sp³-hybridized carbons (Fsp3) is 0.718. The van der Waals surface area contributed by atoms with E-state index in [0.29, 0.717) is 6.42 Å². The second-order valence-corrected chi connectivity index (χ2v) is 27.6. The fourth-order valence-corrected chi connectivity index (χ4v) is 12.0. The summed E-state index contributed by atoms with van der Waals surface area (Å²) in [5.41, 5.74) is 5.41. The van der Waals surface area contributed by atoms with Crippen LogP contribution < -0.4 is 5.73 Å². The van der Waals surface area contributed by atoms with Crippen LogP contribution in [-0.4, -0.2) is 49.3 Å². The maximum absolute atomic E-state index is 12.8. The molecule has 0 rings (SSSR count). The van der Waals surface area contributed by atoms with Crippen molar-refractivity contribution in [1.82, 2.24) is 0 Å². The summed E-state index contributed by atoms with van der Waals surface area (Å²) in [5.74, 6) is -0.821. The molecule has 2 unspecified atom stereocenters. The molecule has 10 heteroatoms. The van der Waals surface area contributed by atoms with E-state index in [1.165, 1.54) is 212 Å². The molecule has 0 bridgehead atoms. The van der Waals surface area contributed by atoms with Gasteiger partial charge in [0.15, 0.2) is 6.10 Å². The number of ether oxygens (including phenoxy) is 2. The summed E-state index contributed by atoms with van der Waals surface area (Å²) in [7, 11) is -4.40. The van der Waals surface area contributed by atoms with Crippen LogP contribution in [0.25, 0.3) is 0 Å². The Morgan fingerprint density at radius 2 is 0.547 bits per heavy atom. The largest absolute Gasteiger partial charge is 0.472 e. The zero-order chi connectivity index (χ0) is 68.6. The van der Waals surface area contributed by atoms with E-state index >= 15 is 0 Å². The maximum atomic E-state index is 12.8. The lowest BCUT2D eigenvalue weighted by Crippen LogP contribution is -2.29. The Bertz CT molecular complexity index is 2030. The summed E-state index contributed by atoms with van der Waals surface area (Å²) >= 11 is 0. The Hall–Kier alpha value is -3.85. The topological polar surface area (TPSA) is 134 Å². The van der Waals surface area contributed by atoms with Crippen molar-refractivity contribution in [3.63, 3.8) is 0 Å². The lowest BCUT2D eigenvalue weighted by Gasteiger charge is -2.19. The molecule has 0 aliphatic carbocycles. The van der Waals surface area contributed by atoms with Crippen LogP contribution in [0.5, 0.6) is 0 Å². The van der Waals surface area contributed by atoms with Crippen LogP contribution in [0.1, 0.15) is 361 Å². The van der Waals surface area contributed by atoms with Gasteiger partial charge in [0.05, 0.1) is 13.2 Å². The van der Waals surface area contributed by atoms with Gasteiger partial charge in [0.25, 0.3) is 0 Å². The van der Waals surface area contributed by atoms with Gasteiger partial charge < -0.3 is 20.1 Å². The minimum absolute atomic E-state index is 0.0497. The lowest BCUT2D eigenvalue weighted by atomic mass is 10.0. The molecule has 0 saturated heterocycles. The van der Waals surface area contributed by atoms with Crippen molar-refractivity contribution in [1.29, 1.82) is 0 Å². The second kappa shape index (κ2) is 79.1. The predicted octanol–water partition coefficient (Wildman–Crippen LogP) is 26.8. The van der Waals surface area contributed by atoms with Crippen molar-refractivity contribution in [3.8, 4) is 0 Å². The minimum atomic E-state index is -4.40. The van der Waals surface area contributed by atoms with Crippen molar-refractivity contribution in [2.45, 2.75) is 367 Å². The Kier molecular flexibility index (Phi) is 75.9. The summed E-state index contributed by atoms with van der Waals surface area (Å²) in [4.78, 5) is 35.5. The van der Waals surface area contributed by atoms with Crippen molar-refractivity contribution in [3.05, 3.63) is 134 Å². The van der Waals surface area contributed by atoms with E-state index in [0.717, 1.165) is 116 Å². The molecule has 0 amide bonds. The molecule has 3 N–H and O–H groups in total. The highest BCUT2D eigenvalue weighted by atomic mass is 31.2. The van der Waals surface area contributed by atoms with Crippen LogP contribution >= 0.6 is 7.82 Å². The highest BCUT2D eigenvalue weighted by Gasteiger charge is 2.26. The molecule has 9 nitrogen and oxygen atoms in total. The molecule has 2 atom stereocenters. The number of allylic oxidation sites excluding steroid dienone is 22. The van der Waals surface area contributed by atoms with Gasteiger partial charge in [0, 0.05) is 19.4 Å². The minimum Gasteiger partial charge on any atom is -0.462 e. The third kappa shape index (κ3) is 79.0. The standard InChI is InChI=1S/C85H148NO8P/c1-3-5-7-9-11-13-15-17-19-21-23-25-27-29-31-33-35-37-38-39-40-41-42-43-44-46-47-49-51-53-55-57-59-61-63-65-67-69-71-73-75-77-84(87)91-81-83(82-93-95(89,90)92-80-79-86)94-85(88)78-76-74-72-70-68-66-64-62-60-58-56-54-52-50-48-45-36-34-32-30-28-26-24-22-20-18-16-14-12-10-8-6-4-2/h5-8,11-14,17-20,23-26,30,32,36,45,50,52,83H,3-4,9-10,15-16,21-22,27-29,31,33-35,37-44,46-49,51,53-82,86H2,1-2H3,(H,89,90)/b7-5-,8-6-,13-11-,14-12-,19-17-,20-18-,25-23-,26-24-,32-30-,45-36-,52-50-. The highest BCUT2D eigenvalue weighted by Crippen LogP contribution is 2.43. The molecule has 95 heavy (non-hydrogen) atoms. The Balaban J connectivity index is 3.80. The summed E-state index contributed by atoms with van der Waals surface area (Å²) in [6.45, 7) is 3.55. The van der Waals surface area contributed by atoms with Crippen LogP contribution in [0.4, 0.5) is 0 Å². The summed E-state index contributed by atoms with van der Waals surface area (Å²) in [6, 6.07) is 0. The first-order chi connectivity index (χ1) is 46.8. The number of rotatable bonds is 74. The van der Waals surface area contributed by atoms with E-state index in [1.54, 1.807) is 0 Å². The van der Waals surface area contributed by atoms with Gasteiger partial charge in [-0.2, -0.15) is 0 Å². The van der Waals surface area contributed by atoms with E-state index in [9.17, 15) is 19.0 Å². The number of unbranched alkanes of at least 4 members (excludes halogenated alkanes) is 39. The van der Waals surface area contributed by atoms with Gasteiger partial charge in [0.2, 0.25) is 0 Å². The van der Waals surface area contributed by atoms with Gasteiger partial charge in [-0.05, 0) is 109 Å². The first-order valence-corrected chi connectivity index (χ1v) is 41.2. The Morgan fingerprint density at radius 1 is 0.316 bits per heavy atom. The molecule has 0 radical (unpaired) electrons. The van der Waals surface area contributed by atoms with Gasteiger partial charge in [-0.1, -0.05) is 372 Å². The monoisotopic (exact) mass is 1340 g/mol. The molecule has 0 aliphatic rings. The lowest BCUT2D eigenvalue weighted by molar-refractivity contribution is -0.161. The van der Waals surface area contributed by atoms with E-state index < -0.39 is 26.5 Å². The van der Waals surface area contributed by atoms with Crippen molar-refractivity contribution in [2.24, 2.45) is 5.73 Å². The zero-order valence-electron chi connectivity index (χ0n) is 61.6. The Morgan fingerprint density at radius 3 is 0.811 bits per heavy atom. The molecule has 0 spiro atoms. The van der Waals surface area contributed by atoms with E-state index in [-0.39, 0.29) is 38.6 Å². The summed E-state index contributed by atoms with van der Waals surface area (Å²) in [6.07, 6.45) is 113. The Labute approximate surface area is 586 Å². The van der Waals surface area contributed by atoms with E-state index in [1.807, 2.05) is 0 Å². The molecule has 0 aliphatic heterocycles. The number of nitrogens with two attached hydrogens (primary N) is 1. The molecular weight excluding hydrogens is 1190 g/mol. The zero-order valence-corrected chi connectivity index (χ0v) is 62.5. The predicted molar refractivity (Wildman–Crippen MR) is 413 cm³/mol. The van der Waals surface area contributed by atoms with Crippen LogP contribution in [0, 0.1) is 0 Å². The van der Waals surface area contributed by atoms with Crippen LogP contribution in [0.15, 0.2) is 134 Å². The average molecular weight is 1340 g/mol. The van der Waals surface area contributed by atoms with Gasteiger partial charge in [0.1, 0.15) is 6.61 Å². The normalized spacial score (nSPS) is 13.6. The molecule has 0 aromatic heterocycles. The summed E-state index contributed by atoms with van der Waals surface area (Å²) < 4.78 is 33.3. The summed E-state index contributed by atoms with van der Waals surface area (Å²) in [5, 5.41) is 0. The van der Waals surface area contributed by atoms with E-state index in [4.69, 9.17) is 24.3 Å². The first-order valence-electron chi connectivity index (χ1n) is 39.7. The van der Waals surface area contributed by atoms with E-state index in [2.05, 4.69) is 148 Å². The maximum Gasteiger partial charge on any atom is 0.472 e.